The van der Waals surface area contributed by atoms with Crippen LogP contribution in [0.4, 0.5) is 0 Å². The predicted octanol–water partition coefficient (Wildman–Crippen LogP) is -1.61. The molecular formula is C28H32O18S. The van der Waals surface area contributed by atoms with Crippen LogP contribution in [0.25, 0.3) is 22.3 Å². The molecule has 3 heterocycles. The van der Waals surface area contributed by atoms with Crippen LogP contribution in [0.1, 0.15) is 6.92 Å². The van der Waals surface area contributed by atoms with Crippen LogP contribution in [0, 0.1) is 0 Å². The van der Waals surface area contributed by atoms with E-state index in [1.165, 1.54) is 32.2 Å². The van der Waals surface area contributed by atoms with Crippen molar-refractivity contribution < 1.29 is 81.0 Å². The van der Waals surface area contributed by atoms with Gasteiger partial charge >= 0.3 is 10.4 Å². The van der Waals surface area contributed by atoms with Crippen LogP contribution in [-0.2, 0) is 24.6 Å². The number of rotatable bonds is 9. The minimum atomic E-state index is -5.20. The van der Waals surface area contributed by atoms with E-state index >= 15 is 0 Å². The minimum absolute atomic E-state index is 0.0980. The van der Waals surface area contributed by atoms with Crippen molar-refractivity contribution in [3.8, 4) is 34.3 Å². The van der Waals surface area contributed by atoms with Crippen LogP contribution in [0.15, 0.2) is 45.6 Å². The maximum absolute atomic E-state index is 13.1. The molecule has 0 radical (unpaired) electrons. The molecule has 2 aliphatic rings. The molecule has 18 nitrogen and oxygen atoms in total. The number of hydrogen-bond acceptors (Lipinski definition) is 17. The Morgan fingerprint density at radius 2 is 1.51 bits per heavy atom. The molecule has 47 heavy (non-hydrogen) atoms. The molecule has 2 saturated heterocycles. The Labute approximate surface area is 265 Å². The van der Waals surface area contributed by atoms with Gasteiger partial charge in [-0.05, 0) is 25.1 Å². The largest absolute Gasteiger partial charge is 0.504 e. The molecule has 0 spiro atoms. The molecule has 0 bridgehead atoms. The quantitative estimate of drug-likeness (QED) is 0.117. The number of fused-ring (bicyclic) bond motifs is 1. The molecule has 5 rings (SSSR count). The summed E-state index contributed by atoms with van der Waals surface area (Å²) in [5.41, 5.74) is -0.964. The molecule has 258 valence electrons. The standard InChI is InChI=1S/C28H32O18S/c1-10-21(31)23(33)25(35)27(42-10)41-9-19-22(32)24(34)26(36)28(45-19)43-12-6-17-20(18(7-12)46-47(37,38)39)14(30)8-16(44-17)11-3-4-15(40-2)13(29)5-11/h3-8,10,19,21-29,31-36H,9H2,1-2H3,(H,37,38,39)/t10-,19+,21-,22+,23+,24-,25+,26+,27+,28+/m0/s1. The van der Waals surface area contributed by atoms with Crippen LogP contribution in [0.5, 0.6) is 23.0 Å². The predicted molar refractivity (Wildman–Crippen MR) is 154 cm³/mol. The second-order valence-electron chi connectivity index (χ2n) is 10.8. The topological polar surface area (TPSA) is 282 Å². The second kappa shape index (κ2) is 13.5. The van der Waals surface area contributed by atoms with Crippen LogP contribution in [-0.4, -0.2) is 124 Å². The van der Waals surface area contributed by atoms with Gasteiger partial charge in [0, 0.05) is 23.8 Å². The normalized spacial score (nSPS) is 31.4. The maximum atomic E-state index is 13.1. The Bertz CT molecular complexity index is 1760. The maximum Gasteiger partial charge on any atom is 0.446 e. The van der Waals surface area contributed by atoms with Gasteiger partial charge in [0.25, 0.3) is 0 Å². The third-order valence-corrected chi connectivity index (χ3v) is 7.97. The van der Waals surface area contributed by atoms with E-state index < -0.39 is 95.0 Å². The van der Waals surface area contributed by atoms with E-state index in [1.807, 2.05) is 0 Å². The lowest BCUT2D eigenvalue weighted by molar-refractivity contribution is -0.318. The van der Waals surface area contributed by atoms with Crippen molar-refractivity contribution >= 4 is 21.4 Å². The number of phenols is 1. The van der Waals surface area contributed by atoms with Crippen molar-refractivity contribution in [2.45, 2.75) is 68.3 Å². The van der Waals surface area contributed by atoms with Crippen molar-refractivity contribution in [2.75, 3.05) is 13.7 Å². The van der Waals surface area contributed by atoms with Crippen molar-refractivity contribution in [2.24, 2.45) is 0 Å². The molecule has 1 aromatic heterocycles. The van der Waals surface area contributed by atoms with Crippen LogP contribution < -0.4 is 19.1 Å². The highest BCUT2D eigenvalue weighted by Crippen LogP contribution is 2.36. The van der Waals surface area contributed by atoms with E-state index in [1.54, 1.807) is 0 Å². The van der Waals surface area contributed by atoms with E-state index in [9.17, 15) is 53.5 Å². The number of ether oxygens (including phenoxy) is 5. The summed E-state index contributed by atoms with van der Waals surface area (Å²) in [7, 11) is -3.87. The van der Waals surface area contributed by atoms with Crippen LogP contribution >= 0.6 is 0 Å². The van der Waals surface area contributed by atoms with Gasteiger partial charge in [0.15, 0.2) is 29.0 Å². The zero-order valence-corrected chi connectivity index (χ0v) is 25.3. The van der Waals surface area contributed by atoms with Gasteiger partial charge in [-0.25, -0.2) is 0 Å². The summed E-state index contributed by atoms with van der Waals surface area (Å²) in [5.74, 6) is -1.37. The molecule has 8 N–H and O–H groups in total. The highest BCUT2D eigenvalue weighted by atomic mass is 32.3. The van der Waals surface area contributed by atoms with Gasteiger partial charge in [-0.3, -0.25) is 9.35 Å². The molecule has 2 aromatic carbocycles. The molecule has 0 amide bonds. The van der Waals surface area contributed by atoms with Crippen molar-refractivity contribution in [1.82, 2.24) is 0 Å². The smallest absolute Gasteiger partial charge is 0.446 e. The number of benzene rings is 2. The Balaban J connectivity index is 1.45. The first-order valence-electron chi connectivity index (χ1n) is 13.9. The second-order valence-corrected chi connectivity index (χ2v) is 11.8. The number of aliphatic hydroxyl groups is 6. The first-order chi connectivity index (χ1) is 22.1. The van der Waals surface area contributed by atoms with Crippen molar-refractivity contribution in [3.63, 3.8) is 0 Å². The van der Waals surface area contributed by atoms with Gasteiger partial charge in [0.1, 0.15) is 65.2 Å². The molecular weight excluding hydrogens is 656 g/mol. The zero-order valence-electron chi connectivity index (χ0n) is 24.5. The lowest BCUT2D eigenvalue weighted by Gasteiger charge is -2.42. The van der Waals surface area contributed by atoms with Gasteiger partial charge in [0.2, 0.25) is 6.29 Å². The number of hydrogen-bond donors (Lipinski definition) is 8. The SMILES string of the molecule is COc1ccc(-c2cc(=O)c3c(OS(=O)(=O)O)cc(O[C@@H]4O[C@H](CO[C@@H]5O[C@@H](C)[C@H](O)[C@@H](O)[C@H]5O)[C@@H](O)[C@H](O)[C@H]4O)cc3o2)cc1O. The third kappa shape index (κ3) is 7.29. The number of phenolic OH excluding ortho intramolecular Hbond substituents is 1. The van der Waals surface area contributed by atoms with Gasteiger partial charge in [-0.1, -0.05) is 0 Å². The molecule has 0 aliphatic carbocycles. The monoisotopic (exact) mass is 688 g/mol. The Morgan fingerprint density at radius 3 is 2.17 bits per heavy atom. The molecule has 2 fully saturated rings. The van der Waals surface area contributed by atoms with E-state index in [-0.39, 0.29) is 34.2 Å². The fourth-order valence-corrected chi connectivity index (χ4v) is 5.45. The average Bonchev–Trinajstić information content (AvgIpc) is 3.00. The molecule has 2 aliphatic heterocycles. The number of aliphatic hydroxyl groups excluding tert-OH is 6. The summed E-state index contributed by atoms with van der Waals surface area (Å²) in [6.45, 7) is 0.825. The summed E-state index contributed by atoms with van der Waals surface area (Å²) in [4.78, 5) is 13.1. The van der Waals surface area contributed by atoms with Gasteiger partial charge in [-0.2, -0.15) is 8.42 Å². The van der Waals surface area contributed by atoms with Crippen LogP contribution in [0.3, 0.4) is 0 Å². The molecule has 0 unspecified atom stereocenters. The summed E-state index contributed by atoms with van der Waals surface area (Å²) in [5, 5.41) is 71.5. The molecule has 0 saturated carbocycles. The lowest BCUT2D eigenvalue weighted by atomic mass is 9.98. The average molecular weight is 689 g/mol. The Morgan fingerprint density at radius 1 is 0.830 bits per heavy atom. The molecule has 10 atom stereocenters. The minimum Gasteiger partial charge on any atom is -0.504 e. The Kier molecular flexibility index (Phi) is 9.97. The number of methoxy groups -OCH3 is 1. The van der Waals surface area contributed by atoms with E-state index in [2.05, 4.69) is 4.18 Å². The van der Waals surface area contributed by atoms with Crippen molar-refractivity contribution in [3.05, 3.63) is 46.6 Å². The third-order valence-electron chi connectivity index (χ3n) is 7.58. The van der Waals surface area contributed by atoms with E-state index in [4.69, 9.17) is 28.1 Å². The fraction of sp³-hybridized carbons (Fsp3) is 0.464. The van der Waals surface area contributed by atoms with Gasteiger partial charge < -0.3 is 68.0 Å². The Hall–Kier alpha value is -3.60. The summed E-state index contributed by atoms with van der Waals surface area (Å²) >= 11 is 0. The lowest BCUT2D eigenvalue weighted by Crippen LogP contribution is -2.61. The van der Waals surface area contributed by atoms with E-state index in [0.29, 0.717) is 0 Å². The van der Waals surface area contributed by atoms with E-state index in [0.717, 1.165) is 18.2 Å². The first-order valence-corrected chi connectivity index (χ1v) is 15.3. The van der Waals surface area contributed by atoms with Crippen LogP contribution in [0.2, 0.25) is 0 Å². The molecule has 3 aromatic rings. The first kappa shape index (κ1) is 34.7. The molecule has 19 heteroatoms. The van der Waals surface area contributed by atoms with Gasteiger partial charge in [-0.15, -0.1) is 0 Å². The number of aromatic hydroxyl groups is 1. The highest BCUT2D eigenvalue weighted by Gasteiger charge is 2.47. The summed E-state index contributed by atoms with van der Waals surface area (Å²) in [6.07, 6.45) is -16.0. The van der Waals surface area contributed by atoms with Gasteiger partial charge in [0.05, 0.1) is 19.8 Å². The fourth-order valence-electron chi connectivity index (χ4n) is 5.09. The zero-order chi connectivity index (χ0) is 34.4. The highest BCUT2D eigenvalue weighted by molar-refractivity contribution is 7.81. The summed E-state index contributed by atoms with van der Waals surface area (Å²) < 4.78 is 70.0. The van der Waals surface area contributed by atoms with Crippen molar-refractivity contribution in [1.29, 1.82) is 0 Å². The summed E-state index contributed by atoms with van der Waals surface area (Å²) in [6, 6.07) is 7.01.